The lowest BCUT2D eigenvalue weighted by Crippen LogP contribution is -2.32. The Labute approximate surface area is 135 Å². The van der Waals surface area contributed by atoms with E-state index < -0.39 is 0 Å². The molecule has 2 rings (SSSR count). The summed E-state index contributed by atoms with van der Waals surface area (Å²) in [6.45, 7) is 4.29. The van der Waals surface area contributed by atoms with E-state index in [1.54, 1.807) is 18.5 Å². The first-order valence-electron chi connectivity index (χ1n) is 7.53. The maximum Gasteiger partial charge on any atom is 0.253 e. The van der Waals surface area contributed by atoms with Gasteiger partial charge in [0.25, 0.3) is 11.8 Å². The smallest absolute Gasteiger partial charge is 0.253 e. The summed E-state index contributed by atoms with van der Waals surface area (Å²) in [5.74, 6) is -0.506. The van der Waals surface area contributed by atoms with Crippen molar-refractivity contribution in [2.45, 2.75) is 32.9 Å². The predicted octanol–water partition coefficient (Wildman–Crippen LogP) is 1.93. The van der Waals surface area contributed by atoms with Gasteiger partial charge in [0.2, 0.25) is 0 Å². The van der Waals surface area contributed by atoms with Crippen LogP contribution in [0.1, 0.15) is 46.5 Å². The molecule has 6 nitrogen and oxygen atoms in total. The van der Waals surface area contributed by atoms with Gasteiger partial charge >= 0.3 is 0 Å². The fourth-order valence-corrected chi connectivity index (χ4v) is 1.88. The number of carbonyl (C=O) groups is 2. The number of hydrogen-bond donors (Lipinski definition) is 2. The summed E-state index contributed by atoms with van der Waals surface area (Å²) in [4.78, 5) is 32.2. The van der Waals surface area contributed by atoms with Crippen LogP contribution in [-0.2, 0) is 6.54 Å². The van der Waals surface area contributed by atoms with Crippen LogP contribution in [0.15, 0.2) is 43.0 Å². The minimum absolute atomic E-state index is 0.0746. The molecule has 0 spiro atoms. The lowest BCUT2D eigenvalue weighted by atomic mass is 10.1. The number of aromatic nitrogens is 2. The average molecular weight is 312 g/mol. The zero-order valence-electron chi connectivity index (χ0n) is 13.2. The van der Waals surface area contributed by atoms with Crippen molar-refractivity contribution in [3.63, 3.8) is 0 Å². The number of rotatable bonds is 6. The number of amides is 2. The molecule has 1 atom stereocenters. The Bertz CT molecular complexity index is 673. The summed E-state index contributed by atoms with van der Waals surface area (Å²) in [6.07, 6.45) is 7.10. The zero-order chi connectivity index (χ0) is 16.7. The maximum absolute atomic E-state index is 12.2. The van der Waals surface area contributed by atoms with Crippen LogP contribution in [0.3, 0.4) is 0 Å². The first-order chi connectivity index (χ1) is 11.1. The van der Waals surface area contributed by atoms with Crippen LogP contribution >= 0.6 is 0 Å². The molecule has 0 saturated carbocycles. The van der Waals surface area contributed by atoms with E-state index in [0.717, 1.165) is 12.0 Å². The van der Waals surface area contributed by atoms with Crippen LogP contribution in [0, 0.1) is 0 Å². The van der Waals surface area contributed by atoms with Gasteiger partial charge in [-0.15, -0.1) is 0 Å². The van der Waals surface area contributed by atoms with Gasteiger partial charge in [-0.2, -0.15) is 0 Å². The molecule has 2 aromatic rings. The summed E-state index contributed by atoms with van der Waals surface area (Å²) in [6, 6.07) is 5.30. The van der Waals surface area contributed by atoms with Gasteiger partial charge in [0.1, 0.15) is 0 Å². The average Bonchev–Trinajstić information content (AvgIpc) is 2.60. The minimum atomic E-state index is -0.278. The highest BCUT2D eigenvalue weighted by Gasteiger charge is 2.12. The first-order valence-corrected chi connectivity index (χ1v) is 7.53. The van der Waals surface area contributed by atoms with Gasteiger partial charge in [-0.05, 0) is 31.0 Å². The molecule has 2 aromatic heterocycles. The van der Waals surface area contributed by atoms with Gasteiger partial charge < -0.3 is 10.6 Å². The third-order valence-corrected chi connectivity index (χ3v) is 3.43. The Morgan fingerprint density at radius 2 is 1.87 bits per heavy atom. The Morgan fingerprint density at radius 3 is 2.52 bits per heavy atom. The lowest BCUT2D eigenvalue weighted by Gasteiger charge is -2.11. The van der Waals surface area contributed by atoms with Crippen LogP contribution in [0.4, 0.5) is 0 Å². The van der Waals surface area contributed by atoms with Crippen LogP contribution in [0.25, 0.3) is 0 Å². The highest BCUT2D eigenvalue weighted by molar-refractivity contribution is 5.99. The van der Waals surface area contributed by atoms with E-state index in [-0.39, 0.29) is 17.9 Å². The standard InChI is InChI=1S/C17H20N4O2/c1-3-12(2)21-17(23)15-7-14(10-19-11-15)16(22)20-9-13-5-4-6-18-8-13/h4-8,10-12H,3,9H2,1-2H3,(H,20,22)(H,21,23). The number of nitrogens with zero attached hydrogens (tertiary/aromatic N) is 2. The minimum Gasteiger partial charge on any atom is -0.350 e. The Kier molecular flexibility index (Phi) is 5.80. The van der Waals surface area contributed by atoms with Crippen molar-refractivity contribution >= 4 is 11.8 Å². The summed E-state index contributed by atoms with van der Waals surface area (Å²) in [5, 5.41) is 5.63. The van der Waals surface area contributed by atoms with Crippen molar-refractivity contribution < 1.29 is 9.59 Å². The molecule has 120 valence electrons. The Morgan fingerprint density at radius 1 is 1.13 bits per heavy atom. The van der Waals surface area contributed by atoms with E-state index in [1.165, 1.54) is 12.4 Å². The molecule has 2 heterocycles. The molecule has 6 heteroatoms. The van der Waals surface area contributed by atoms with Crippen molar-refractivity contribution in [2.24, 2.45) is 0 Å². The predicted molar refractivity (Wildman–Crippen MR) is 86.9 cm³/mol. The fourth-order valence-electron chi connectivity index (χ4n) is 1.88. The largest absolute Gasteiger partial charge is 0.350 e. The van der Waals surface area contributed by atoms with Crippen molar-refractivity contribution in [3.05, 3.63) is 59.7 Å². The molecule has 0 aromatic carbocycles. The van der Waals surface area contributed by atoms with Crippen molar-refractivity contribution in [1.29, 1.82) is 0 Å². The molecule has 0 saturated heterocycles. The first kappa shape index (κ1) is 16.6. The molecule has 2 N–H and O–H groups in total. The SMILES string of the molecule is CCC(C)NC(=O)c1cncc(C(=O)NCc2cccnc2)c1. The molecular formula is C17H20N4O2. The molecule has 2 amide bonds. The summed E-state index contributed by atoms with van der Waals surface area (Å²) in [5.41, 5.74) is 1.63. The van der Waals surface area contributed by atoms with E-state index in [0.29, 0.717) is 17.7 Å². The van der Waals surface area contributed by atoms with Crippen LogP contribution in [0.2, 0.25) is 0 Å². The van der Waals surface area contributed by atoms with Gasteiger partial charge in [-0.1, -0.05) is 13.0 Å². The van der Waals surface area contributed by atoms with E-state index in [9.17, 15) is 9.59 Å². The maximum atomic E-state index is 12.2. The molecule has 0 aliphatic carbocycles. The van der Waals surface area contributed by atoms with Gasteiger partial charge in [0, 0.05) is 37.4 Å². The summed E-state index contributed by atoms with van der Waals surface area (Å²) >= 11 is 0. The zero-order valence-corrected chi connectivity index (χ0v) is 13.2. The van der Waals surface area contributed by atoms with Gasteiger partial charge in [-0.25, -0.2) is 0 Å². The Hall–Kier alpha value is -2.76. The van der Waals surface area contributed by atoms with Gasteiger partial charge in [-0.3, -0.25) is 19.6 Å². The molecular weight excluding hydrogens is 292 g/mol. The Balaban J connectivity index is 2.01. The second-order valence-electron chi connectivity index (χ2n) is 5.29. The highest BCUT2D eigenvalue weighted by Crippen LogP contribution is 2.05. The number of pyridine rings is 2. The molecule has 23 heavy (non-hydrogen) atoms. The van der Waals surface area contributed by atoms with E-state index in [2.05, 4.69) is 20.6 Å². The third kappa shape index (κ3) is 4.88. The highest BCUT2D eigenvalue weighted by atomic mass is 16.2. The second-order valence-corrected chi connectivity index (χ2v) is 5.29. The normalized spacial score (nSPS) is 11.6. The molecule has 0 aliphatic heterocycles. The summed E-state index contributed by atoms with van der Waals surface area (Å²) in [7, 11) is 0. The quantitative estimate of drug-likeness (QED) is 0.853. The topological polar surface area (TPSA) is 84.0 Å². The van der Waals surface area contributed by atoms with Crippen molar-refractivity contribution in [3.8, 4) is 0 Å². The van der Waals surface area contributed by atoms with E-state index >= 15 is 0 Å². The second kappa shape index (κ2) is 8.03. The van der Waals surface area contributed by atoms with Crippen LogP contribution in [0.5, 0.6) is 0 Å². The number of nitrogens with one attached hydrogen (secondary N) is 2. The molecule has 0 radical (unpaired) electrons. The fraction of sp³-hybridized carbons (Fsp3) is 0.294. The monoisotopic (exact) mass is 312 g/mol. The van der Waals surface area contributed by atoms with Crippen LogP contribution < -0.4 is 10.6 Å². The van der Waals surface area contributed by atoms with Crippen LogP contribution in [-0.4, -0.2) is 27.8 Å². The summed E-state index contributed by atoms with van der Waals surface area (Å²) < 4.78 is 0. The van der Waals surface area contributed by atoms with Gasteiger partial charge in [0.15, 0.2) is 0 Å². The molecule has 1 unspecified atom stereocenters. The van der Waals surface area contributed by atoms with Crippen molar-refractivity contribution in [2.75, 3.05) is 0 Å². The number of hydrogen-bond acceptors (Lipinski definition) is 4. The van der Waals surface area contributed by atoms with E-state index in [4.69, 9.17) is 0 Å². The van der Waals surface area contributed by atoms with Crippen molar-refractivity contribution in [1.82, 2.24) is 20.6 Å². The molecule has 0 fully saturated rings. The molecule has 0 aliphatic rings. The molecule has 0 bridgehead atoms. The lowest BCUT2D eigenvalue weighted by molar-refractivity contribution is 0.0939. The van der Waals surface area contributed by atoms with Gasteiger partial charge in [0.05, 0.1) is 11.1 Å². The third-order valence-electron chi connectivity index (χ3n) is 3.43. The number of carbonyl (C=O) groups excluding carboxylic acids is 2. The van der Waals surface area contributed by atoms with E-state index in [1.807, 2.05) is 26.0 Å².